The van der Waals surface area contributed by atoms with Gasteiger partial charge in [-0.2, -0.15) is 4.31 Å². The van der Waals surface area contributed by atoms with Crippen LogP contribution in [0.3, 0.4) is 0 Å². The van der Waals surface area contributed by atoms with Crippen molar-refractivity contribution in [3.05, 3.63) is 18.2 Å². The SMILES string of the molecule is COc1ccc(S(=O)(=O)N2CCNC[C@@H]2C)cc1OC. The lowest BCUT2D eigenvalue weighted by Gasteiger charge is -2.32. The zero-order valence-electron chi connectivity index (χ0n) is 11.9. The Kier molecular flexibility index (Phi) is 4.52. The second-order valence-electron chi connectivity index (χ2n) is 4.69. The Morgan fingerprint density at radius 1 is 1.25 bits per heavy atom. The van der Waals surface area contributed by atoms with Gasteiger partial charge >= 0.3 is 0 Å². The van der Waals surface area contributed by atoms with Crippen molar-refractivity contribution in [1.29, 1.82) is 0 Å². The lowest BCUT2D eigenvalue weighted by Crippen LogP contribution is -2.52. The maximum atomic E-state index is 12.7. The Morgan fingerprint density at radius 3 is 2.55 bits per heavy atom. The van der Waals surface area contributed by atoms with E-state index in [1.807, 2.05) is 6.92 Å². The van der Waals surface area contributed by atoms with Crippen LogP contribution in [-0.2, 0) is 10.0 Å². The molecule has 0 spiro atoms. The Bertz CT molecular complexity index is 574. The number of nitrogens with one attached hydrogen (secondary N) is 1. The summed E-state index contributed by atoms with van der Waals surface area (Å²) in [5.41, 5.74) is 0. The van der Waals surface area contributed by atoms with Gasteiger partial charge < -0.3 is 14.8 Å². The summed E-state index contributed by atoms with van der Waals surface area (Å²) in [6, 6.07) is 4.59. The molecule has 0 aliphatic carbocycles. The van der Waals surface area contributed by atoms with E-state index in [2.05, 4.69) is 5.32 Å². The van der Waals surface area contributed by atoms with Crippen LogP contribution in [0, 0.1) is 0 Å². The molecule has 0 unspecified atom stereocenters. The second-order valence-corrected chi connectivity index (χ2v) is 6.58. The molecule has 2 rings (SSSR count). The number of methoxy groups -OCH3 is 2. The summed E-state index contributed by atoms with van der Waals surface area (Å²) in [7, 11) is -0.505. The molecule has 1 N–H and O–H groups in total. The minimum absolute atomic E-state index is 0.0677. The molecule has 0 bridgehead atoms. The highest BCUT2D eigenvalue weighted by atomic mass is 32.2. The second kappa shape index (κ2) is 5.99. The van der Waals surface area contributed by atoms with Gasteiger partial charge in [0.2, 0.25) is 10.0 Å². The van der Waals surface area contributed by atoms with Crippen LogP contribution < -0.4 is 14.8 Å². The number of hydrogen-bond donors (Lipinski definition) is 1. The van der Waals surface area contributed by atoms with Crippen LogP contribution in [0.15, 0.2) is 23.1 Å². The van der Waals surface area contributed by atoms with Crippen molar-refractivity contribution in [3.63, 3.8) is 0 Å². The van der Waals surface area contributed by atoms with E-state index in [4.69, 9.17) is 9.47 Å². The third-order valence-electron chi connectivity index (χ3n) is 3.40. The average molecular weight is 300 g/mol. The van der Waals surface area contributed by atoms with E-state index >= 15 is 0 Å². The number of benzene rings is 1. The number of piperazine rings is 1. The van der Waals surface area contributed by atoms with E-state index in [0.717, 1.165) is 0 Å². The molecule has 7 heteroatoms. The summed E-state index contributed by atoms with van der Waals surface area (Å²) in [5, 5.41) is 3.18. The molecular weight excluding hydrogens is 280 g/mol. The van der Waals surface area contributed by atoms with E-state index in [1.165, 1.54) is 24.6 Å². The third kappa shape index (κ3) is 2.74. The van der Waals surface area contributed by atoms with Crippen LogP contribution in [0.25, 0.3) is 0 Å². The van der Waals surface area contributed by atoms with Gasteiger partial charge in [0.15, 0.2) is 11.5 Å². The fourth-order valence-corrected chi connectivity index (χ4v) is 3.94. The van der Waals surface area contributed by atoms with Crippen LogP contribution in [-0.4, -0.2) is 52.6 Å². The molecule has 20 heavy (non-hydrogen) atoms. The van der Waals surface area contributed by atoms with Crippen molar-refractivity contribution in [2.45, 2.75) is 17.9 Å². The van der Waals surface area contributed by atoms with Gasteiger partial charge in [0, 0.05) is 31.7 Å². The fourth-order valence-electron chi connectivity index (χ4n) is 2.29. The fraction of sp³-hybridized carbons (Fsp3) is 0.538. The number of sulfonamides is 1. The zero-order valence-corrected chi connectivity index (χ0v) is 12.7. The van der Waals surface area contributed by atoms with Crippen molar-refractivity contribution in [2.24, 2.45) is 0 Å². The molecule has 1 heterocycles. The molecule has 0 amide bonds. The number of rotatable bonds is 4. The Labute approximate surface area is 119 Å². The van der Waals surface area contributed by atoms with Crippen molar-refractivity contribution in [3.8, 4) is 11.5 Å². The molecular formula is C13H20N2O4S. The van der Waals surface area contributed by atoms with E-state index in [9.17, 15) is 8.42 Å². The minimum atomic E-state index is -3.51. The van der Waals surface area contributed by atoms with Crippen LogP contribution in [0.5, 0.6) is 11.5 Å². The molecule has 1 atom stereocenters. The minimum Gasteiger partial charge on any atom is -0.493 e. The summed E-state index contributed by atoms with van der Waals surface area (Å²) in [4.78, 5) is 0.226. The normalized spacial score (nSPS) is 20.6. The van der Waals surface area contributed by atoms with Gasteiger partial charge in [-0.3, -0.25) is 0 Å². The first-order valence-electron chi connectivity index (χ1n) is 6.45. The maximum absolute atomic E-state index is 12.7. The van der Waals surface area contributed by atoms with Gasteiger partial charge in [0.05, 0.1) is 19.1 Å². The van der Waals surface area contributed by atoms with Gasteiger partial charge in [-0.1, -0.05) is 0 Å². The monoisotopic (exact) mass is 300 g/mol. The molecule has 1 aliphatic rings. The Balaban J connectivity index is 2.38. The summed E-state index contributed by atoms with van der Waals surface area (Å²) in [6.45, 7) is 3.69. The van der Waals surface area contributed by atoms with Gasteiger partial charge in [0.25, 0.3) is 0 Å². The first-order valence-corrected chi connectivity index (χ1v) is 7.89. The van der Waals surface area contributed by atoms with Gasteiger partial charge in [-0.05, 0) is 19.1 Å². The summed E-state index contributed by atoms with van der Waals surface area (Å²) < 4.78 is 37.1. The standard InChI is InChI=1S/C13H20N2O4S/c1-10-9-14-6-7-15(10)20(16,17)11-4-5-12(18-2)13(8-11)19-3/h4-5,8,10,14H,6-7,9H2,1-3H3/t10-/m0/s1. The number of ether oxygens (including phenoxy) is 2. The van der Waals surface area contributed by atoms with Gasteiger partial charge in [0.1, 0.15) is 0 Å². The predicted molar refractivity (Wildman–Crippen MR) is 75.8 cm³/mol. The van der Waals surface area contributed by atoms with Crippen LogP contribution >= 0.6 is 0 Å². The van der Waals surface area contributed by atoms with E-state index in [-0.39, 0.29) is 10.9 Å². The van der Waals surface area contributed by atoms with Gasteiger partial charge in [-0.15, -0.1) is 0 Å². The molecule has 0 saturated carbocycles. The molecule has 6 nitrogen and oxygen atoms in total. The highest BCUT2D eigenvalue weighted by Crippen LogP contribution is 2.31. The molecule has 1 aromatic rings. The first-order chi connectivity index (χ1) is 9.50. The molecule has 1 fully saturated rings. The Morgan fingerprint density at radius 2 is 1.95 bits per heavy atom. The smallest absolute Gasteiger partial charge is 0.243 e. The lowest BCUT2D eigenvalue weighted by molar-refractivity contribution is 0.283. The lowest BCUT2D eigenvalue weighted by atomic mass is 10.3. The number of nitrogens with zero attached hydrogens (tertiary/aromatic N) is 1. The first kappa shape index (κ1) is 15.1. The largest absolute Gasteiger partial charge is 0.493 e. The quantitative estimate of drug-likeness (QED) is 0.886. The van der Waals surface area contributed by atoms with Crippen molar-refractivity contribution in [2.75, 3.05) is 33.9 Å². The average Bonchev–Trinajstić information content (AvgIpc) is 2.46. The third-order valence-corrected chi connectivity index (χ3v) is 5.41. The Hall–Kier alpha value is -1.31. The summed E-state index contributed by atoms with van der Waals surface area (Å²) in [5.74, 6) is 0.927. The molecule has 1 aromatic carbocycles. The van der Waals surface area contributed by atoms with Crippen molar-refractivity contribution in [1.82, 2.24) is 9.62 Å². The van der Waals surface area contributed by atoms with E-state index in [0.29, 0.717) is 31.1 Å². The molecule has 1 aliphatic heterocycles. The van der Waals surface area contributed by atoms with Crippen LogP contribution in [0.1, 0.15) is 6.92 Å². The van der Waals surface area contributed by atoms with Gasteiger partial charge in [-0.25, -0.2) is 8.42 Å². The van der Waals surface area contributed by atoms with Crippen LogP contribution in [0.4, 0.5) is 0 Å². The van der Waals surface area contributed by atoms with E-state index < -0.39 is 10.0 Å². The number of hydrogen-bond acceptors (Lipinski definition) is 5. The molecule has 0 aromatic heterocycles. The van der Waals surface area contributed by atoms with Crippen LogP contribution in [0.2, 0.25) is 0 Å². The highest BCUT2D eigenvalue weighted by molar-refractivity contribution is 7.89. The van der Waals surface area contributed by atoms with Crippen molar-refractivity contribution >= 4 is 10.0 Å². The zero-order chi connectivity index (χ0) is 14.8. The topological polar surface area (TPSA) is 67.9 Å². The molecule has 0 radical (unpaired) electrons. The van der Waals surface area contributed by atoms with E-state index in [1.54, 1.807) is 12.1 Å². The maximum Gasteiger partial charge on any atom is 0.243 e. The molecule has 112 valence electrons. The summed E-state index contributed by atoms with van der Waals surface area (Å²) >= 11 is 0. The summed E-state index contributed by atoms with van der Waals surface area (Å²) in [6.07, 6.45) is 0. The highest BCUT2D eigenvalue weighted by Gasteiger charge is 2.31. The molecule has 1 saturated heterocycles. The van der Waals surface area contributed by atoms with Crippen molar-refractivity contribution < 1.29 is 17.9 Å². The predicted octanol–water partition coefficient (Wildman–Crippen LogP) is 0.686.